The van der Waals surface area contributed by atoms with Gasteiger partial charge in [0.2, 0.25) is 29.5 Å². The maximum atomic E-state index is 14.8. The van der Waals surface area contributed by atoms with Crippen molar-refractivity contribution >= 4 is 53.4 Å². The number of aryl methyl sites for hydroxylation is 2. The van der Waals surface area contributed by atoms with Crippen molar-refractivity contribution in [1.29, 1.82) is 0 Å². The predicted molar refractivity (Wildman–Crippen MR) is 307 cm³/mol. The summed E-state index contributed by atoms with van der Waals surface area (Å²) in [4.78, 5) is 97.6. The summed E-state index contributed by atoms with van der Waals surface area (Å²) in [5.41, 5.74) is 11.4. The molecule has 0 aliphatic heterocycles. The van der Waals surface area contributed by atoms with Gasteiger partial charge >= 0.3 is 12.1 Å². The van der Waals surface area contributed by atoms with Crippen LogP contribution in [0.15, 0.2) is 72.8 Å². The molecule has 78 heavy (non-hydrogen) atoms. The van der Waals surface area contributed by atoms with E-state index in [1.54, 1.807) is 48.6 Å². The number of fused-ring (bicyclic) bond motifs is 2. The number of benzene rings is 3. The number of thioether (sulfide) groups is 1. The Hall–Kier alpha value is -5.98. The van der Waals surface area contributed by atoms with Crippen molar-refractivity contribution in [2.45, 2.75) is 186 Å². The second kappa shape index (κ2) is 27.7. The predicted octanol–water partition coefficient (Wildman–Crippen LogP) is 7.02. The van der Waals surface area contributed by atoms with Crippen LogP contribution in [0.5, 0.6) is 0 Å². The normalized spacial score (nSPS) is 18.2. The topological polar surface area (TPSA) is 250 Å². The Labute approximate surface area is 466 Å². The molecule has 18 heteroatoms. The Balaban J connectivity index is 1.46. The van der Waals surface area contributed by atoms with Crippen LogP contribution < -0.4 is 37.6 Å². The summed E-state index contributed by atoms with van der Waals surface area (Å²) < 4.78 is 4.25. The molecule has 0 bridgehead atoms. The first-order valence-corrected chi connectivity index (χ1v) is 28.6. The Morgan fingerprint density at radius 3 is 1.78 bits per heavy atom. The number of hydrogen-bond acceptors (Lipinski definition) is 11. The first kappa shape index (κ1) is 62.9. The monoisotopic (exact) mass is 1100 g/mol. The van der Waals surface area contributed by atoms with Gasteiger partial charge in [0.15, 0.2) is 0 Å². The molecule has 9 N–H and O–H groups in total. The van der Waals surface area contributed by atoms with Crippen molar-refractivity contribution in [3.63, 3.8) is 0 Å². The highest BCUT2D eigenvalue weighted by atomic mass is 32.2. The van der Waals surface area contributed by atoms with Gasteiger partial charge in [0, 0.05) is 30.2 Å². The number of nitrogens with two attached hydrogens (primary N) is 1. The molecular formula is C60H88N8O9S. The van der Waals surface area contributed by atoms with Crippen molar-refractivity contribution in [3.8, 4) is 0 Å². The zero-order chi connectivity index (χ0) is 57.7. The highest BCUT2D eigenvalue weighted by molar-refractivity contribution is 8.01. The Morgan fingerprint density at radius 1 is 0.718 bits per heavy atom. The zero-order valence-electron chi connectivity index (χ0n) is 48.0. The second-order valence-electron chi connectivity index (χ2n) is 23.8. The van der Waals surface area contributed by atoms with Crippen molar-refractivity contribution < 1.29 is 43.4 Å². The van der Waals surface area contributed by atoms with Crippen molar-refractivity contribution in [2.75, 3.05) is 26.4 Å². The Morgan fingerprint density at radius 2 is 1.27 bits per heavy atom. The third-order valence-corrected chi connectivity index (χ3v) is 16.7. The highest BCUT2D eigenvalue weighted by Gasteiger charge is 2.42. The largest absolute Gasteiger partial charge is 0.481 e. The van der Waals surface area contributed by atoms with Crippen molar-refractivity contribution in [2.24, 2.45) is 17.1 Å². The van der Waals surface area contributed by atoms with Gasteiger partial charge in [-0.3, -0.25) is 33.7 Å². The van der Waals surface area contributed by atoms with E-state index in [0.717, 1.165) is 71.0 Å². The minimum absolute atomic E-state index is 0.0343. The molecule has 3 aromatic rings. The van der Waals surface area contributed by atoms with E-state index in [-0.39, 0.29) is 54.6 Å². The Bertz CT molecular complexity index is 2560. The molecule has 17 nitrogen and oxygen atoms in total. The summed E-state index contributed by atoms with van der Waals surface area (Å²) in [6.07, 6.45) is 5.15. The highest BCUT2D eigenvalue weighted by Crippen LogP contribution is 2.35. The summed E-state index contributed by atoms with van der Waals surface area (Å²) in [5, 5.41) is 28.3. The van der Waals surface area contributed by atoms with Crippen LogP contribution in [0, 0.1) is 11.3 Å². The number of hydrogen-bond donors (Lipinski definition) is 8. The van der Waals surface area contributed by atoms with Gasteiger partial charge in [0.1, 0.15) is 23.7 Å². The number of carboxylic acid groups (broad SMARTS) is 1. The van der Waals surface area contributed by atoms with Gasteiger partial charge in [-0.05, 0) is 158 Å². The summed E-state index contributed by atoms with van der Waals surface area (Å²) in [6.45, 7) is 18.1. The van der Waals surface area contributed by atoms with Gasteiger partial charge in [0.05, 0.1) is 23.9 Å². The van der Waals surface area contributed by atoms with E-state index in [1.807, 2.05) is 60.7 Å². The lowest BCUT2D eigenvalue weighted by atomic mass is 9.77. The fourth-order valence-electron chi connectivity index (χ4n) is 10.2. The standard InChI is InChI=1S/C60H88N8O9S/c1-36(62-11)52(71)66-49(58(3,4)5)33-42(54(73)63-46-25-17-21-40-19-13-15-23-44(40)46)32-43(34-61)39-29-27-38(28-30-39)31-48(55(74)64-47-26-18-22-41-20-14-16-24-45(41)47)65-56(75)51(60(9,10)78-35-50(69)70)67-53(72)37(2)68(12)57(76)77-59(6,7)8/h13-16,19-20,23-24,27-30,36-37,42-43,46-49,51,62H,17-18,21-22,25-26,31-35,61H2,1-12H3,(H,63,73)(H,64,74)(H,65,75)(H,66,71)(H,67,72)(H,69,70)/t36-,37-,42?,43-,46+,47+,48-,49+,51+/m0/s1. The maximum Gasteiger partial charge on any atom is 0.410 e. The molecule has 0 spiro atoms. The van der Waals surface area contributed by atoms with E-state index < -0.39 is 75.6 Å². The van der Waals surface area contributed by atoms with E-state index in [4.69, 9.17) is 10.5 Å². The molecule has 428 valence electrons. The van der Waals surface area contributed by atoms with E-state index >= 15 is 0 Å². The van der Waals surface area contributed by atoms with Crippen LogP contribution in [0.4, 0.5) is 4.79 Å². The van der Waals surface area contributed by atoms with Crippen LogP contribution in [0.3, 0.4) is 0 Å². The lowest BCUT2D eigenvalue weighted by molar-refractivity contribution is -0.134. The first-order chi connectivity index (χ1) is 36.6. The third-order valence-electron chi connectivity index (χ3n) is 15.3. The molecule has 2 aliphatic carbocycles. The number of carbonyl (C=O) groups is 7. The van der Waals surface area contributed by atoms with Gasteiger partial charge in [-0.1, -0.05) is 93.6 Å². The number of rotatable bonds is 24. The van der Waals surface area contributed by atoms with E-state index in [9.17, 15) is 38.7 Å². The number of likely N-dealkylation sites (N-methyl/N-ethyl adjacent to an activating group) is 2. The van der Waals surface area contributed by atoms with Crippen LogP contribution in [-0.4, -0.2) is 119 Å². The SMILES string of the molecule is CN[C@@H](C)C(=O)N[C@H](CC(C[C@@H](CN)c1ccc(C[C@H](NC(=O)[C@@H](NC(=O)[C@H](C)N(C)C(=O)OC(C)(C)C)C(C)(C)SCC(=O)O)C(=O)N[C@@H]2CCCc3ccccc32)cc1)C(=O)N[C@@H]1CCCc2ccccc21)C(C)(C)C. The molecule has 0 saturated carbocycles. The average molecular weight is 1100 g/mol. The van der Waals surface area contributed by atoms with Gasteiger partial charge in [0.25, 0.3) is 0 Å². The van der Waals surface area contributed by atoms with Crippen LogP contribution >= 0.6 is 11.8 Å². The minimum Gasteiger partial charge on any atom is -0.481 e. The molecule has 5 rings (SSSR count). The summed E-state index contributed by atoms with van der Waals surface area (Å²) >= 11 is 0.949. The van der Waals surface area contributed by atoms with Crippen LogP contribution in [0.25, 0.3) is 0 Å². The maximum absolute atomic E-state index is 14.8. The van der Waals surface area contributed by atoms with Gasteiger partial charge in [-0.15, -0.1) is 11.8 Å². The first-order valence-electron chi connectivity index (χ1n) is 27.6. The molecule has 1 unspecified atom stereocenters. The third kappa shape index (κ3) is 17.8. The molecule has 0 heterocycles. The number of carboxylic acids is 1. The van der Waals surface area contributed by atoms with Crippen molar-refractivity contribution in [1.82, 2.24) is 36.8 Å². The van der Waals surface area contributed by atoms with Crippen LogP contribution in [0.2, 0.25) is 0 Å². The van der Waals surface area contributed by atoms with Gasteiger partial charge < -0.3 is 47.5 Å². The molecule has 6 amide bonds. The number of nitrogens with one attached hydrogen (secondary N) is 6. The smallest absolute Gasteiger partial charge is 0.410 e. The van der Waals surface area contributed by atoms with E-state index in [2.05, 4.69) is 64.8 Å². The summed E-state index contributed by atoms with van der Waals surface area (Å²) in [5.74, 6) is -4.46. The zero-order valence-corrected chi connectivity index (χ0v) is 48.9. The number of amides is 6. The summed E-state index contributed by atoms with van der Waals surface area (Å²) in [7, 11) is 3.14. The van der Waals surface area contributed by atoms with Crippen LogP contribution in [-0.2, 0) is 52.8 Å². The second-order valence-corrected chi connectivity index (χ2v) is 25.5. The molecule has 2 aliphatic rings. The van der Waals surface area contributed by atoms with Gasteiger partial charge in [-0.2, -0.15) is 0 Å². The fourth-order valence-corrected chi connectivity index (χ4v) is 11.0. The molecule has 0 radical (unpaired) electrons. The number of aliphatic carboxylic acids is 1. The molecule has 0 aromatic heterocycles. The fraction of sp³-hybridized carbons (Fsp3) is 0.583. The number of carbonyl (C=O) groups excluding carboxylic acids is 6. The van der Waals surface area contributed by atoms with Gasteiger partial charge in [-0.25, -0.2) is 4.79 Å². The van der Waals surface area contributed by atoms with Crippen molar-refractivity contribution in [3.05, 3.63) is 106 Å². The Kier molecular flexibility index (Phi) is 22.4. The molecule has 0 saturated heterocycles. The van der Waals surface area contributed by atoms with E-state index in [0.29, 0.717) is 24.8 Å². The molecular weight excluding hydrogens is 1010 g/mol. The average Bonchev–Trinajstić information content (AvgIpc) is 3.40. The van der Waals surface area contributed by atoms with Crippen LogP contribution in [0.1, 0.15) is 159 Å². The van der Waals surface area contributed by atoms with E-state index in [1.165, 1.54) is 19.5 Å². The summed E-state index contributed by atoms with van der Waals surface area (Å²) in [6, 6.07) is 18.9. The molecule has 3 aromatic carbocycles. The molecule has 0 fully saturated rings. The number of nitrogens with zero attached hydrogens (tertiary/aromatic N) is 1. The molecule has 9 atom stereocenters. The number of ether oxygens (including phenoxy) is 1. The lowest BCUT2D eigenvalue weighted by Gasteiger charge is -2.36. The quantitative estimate of drug-likeness (QED) is 0.0451. The lowest BCUT2D eigenvalue weighted by Crippen LogP contribution is -2.62. The minimum atomic E-state index is -1.38.